The molecule has 0 aromatic heterocycles. The summed E-state index contributed by atoms with van der Waals surface area (Å²) in [5, 5.41) is 0. The van der Waals surface area contributed by atoms with Crippen LogP contribution in [0.5, 0.6) is 0 Å². The van der Waals surface area contributed by atoms with E-state index in [0.29, 0.717) is 112 Å². The minimum atomic E-state index is 0.534. The molecule has 0 heterocycles. The lowest BCUT2D eigenvalue weighted by Crippen LogP contribution is -2.15. The van der Waals surface area contributed by atoms with Crippen LogP contribution in [0, 0.1) is 0 Å². The van der Waals surface area contributed by atoms with Gasteiger partial charge in [-0.25, -0.2) is 0 Å². The Morgan fingerprint density at radius 3 is 1.02 bits per heavy atom. The molecule has 0 saturated carbocycles. The first-order chi connectivity index (χ1) is 20.9. The fourth-order valence-electron chi connectivity index (χ4n) is 3.86. The number of unbranched alkanes of at least 4 members (excludes halogenated alkanes) is 7. The van der Waals surface area contributed by atoms with E-state index in [9.17, 15) is 0 Å². The maximum absolute atomic E-state index is 5.62. The average molecular weight is 601 g/mol. The molecule has 246 valence electrons. The number of benzene rings is 1. The first kappa shape index (κ1) is 38.9. The van der Waals surface area contributed by atoms with Gasteiger partial charge in [0.1, 0.15) is 0 Å². The molecule has 0 spiro atoms. The molecule has 1 aromatic rings. The van der Waals surface area contributed by atoms with E-state index >= 15 is 0 Å². The maximum atomic E-state index is 5.62. The zero-order chi connectivity index (χ0) is 29.9. The van der Waals surface area contributed by atoms with Gasteiger partial charge < -0.3 is 42.6 Å². The summed E-state index contributed by atoms with van der Waals surface area (Å²) >= 11 is 0. The monoisotopic (exact) mass is 600 g/mol. The molecular weight excluding hydrogens is 540 g/mol. The van der Waals surface area contributed by atoms with Crippen LogP contribution in [0.15, 0.2) is 30.3 Å². The standard InChI is InChI=1S/C33H60O9/c1-2-3-4-5-6-7-8-12-15-34-16-17-35-18-19-36-20-21-37-22-23-38-24-25-39-26-27-40-28-29-41-30-31-42-32-33-13-10-9-11-14-33/h9-11,13-14H,2-8,12,15-32H2,1H3. The maximum Gasteiger partial charge on any atom is 0.0718 e. The SMILES string of the molecule is CCCCCCCCCCOCCOCCOCCOCCOCCOCCOCCOCCOCc1ccccc1. The Hall–Kier alpha value is -1.14. The van der Waals surface area contributed by atoms with Crippen molar-refractivity contribution in [3.8, 4) is 0 Å². The van der Waals surface area contributed by atoms with Gasteiger partial charge in [-0.15, -0.1) is 0 Å². The summed E-state index contributed by atoms with van der Waals surface area (Å²) in [5.74, 6) is 0. The Morgan fingerprint density at radius 2 is 0.643 bits per heavy atom. The van der Waals surface area contributed by atoms with Gasteiger partial charge in [-0.05, 0) is 12.0 Å². The van der Waals surface area contributed by atoms with Gasteiger partial charge in [0, 0.05) is 6.61 Å². The van der Waals surface area contributed by atoms with E-state index < -0.39 is 0 Å². The van der Waals surface area contributed by atoms with E-state index in [-0.39, 0.29) is 0 Å². The van der Waals surface area contributed by atoms with Crippen molar-refractivity contribution in [3.63, 3.8) is 0 Å². The van der Waals surface area contributed by atoms with Crippen LogP contribution < -0.4 is 0 Å². The zero-order valence-electron chi connectivity index (χ0n) is 26.4. The van der Waals surface area contributed by atoms with E-state index in [4.69, 9.17) is 42.6 Å². The van der Waals surface area contributed by atoms with Crippen LogP contribution in [-0.2, 0) is 49.2 Å². The number of ether oxygens (including phenoxy) is 9. The summed E-state index contributed by atoms with van der Waals surface area (Å²) in [6.07, 6.45) is 10.6. The fourth-order valence-corrected chi connectivity index (χ4v) is 3.86. The van der Waals surface area contributed by atoms with Gasteiger partial charge in [0.15, 0.2) is 0 Å². The van der Waals surface area contributed by atoms with Crippen LogP contribution in [0.3, 0.4) is 0 Å². The molecule has 42 heavy (non-hydrogen) atoms. The lowest BCUT2D eigenvalue weighted by molar-refractivity contribution is -0.0254. The summed E-state index contributed by atoms with van der Waals surface area (Å²) in [6.45, 7) is 12.6. The highest BCUT2D eigenvalue weighted by atomic mass is 16.6. The van der Waals surface area contributed by atoms with E-state index in [1.54, 1.807) is 0 Å². The molecule has 9 nitrogen and oxygen atoms in total. The molecule has 0 atom stereocenters. The third-order valence-corrected chi connectivity index (χ3v) is 6.23. The Bertz CT molecular complexity index is 621. The van der Waals surface area contributed by atoms with Gasteiger partial charge in [-0.3, -0.25) is 0 Å². The van der Waals surface area contributed by atoms with E-state index in [1.807, 2.05) is 30.3 Å². The van der Waals surface area contributed by atoms with Crippen LogP contribution in [0.1, 0.15) is 63.9 Å². The molecule has 0 aliphatic heterocycles. The van der Waals surface area contributed by atoms with Crippen molar-refractivity contribution in [2.75, 3.05) is 112 Å². The molecule has 0 unspecified atom stereocenters. The Labute approximate surface area is 255 Å². The highest BCUT2D eigenvalue weighted by Crippen LogP contribution is 2.08. The first-order valence-electron chi connectivity index (χ1n) is 16.2. The molecule has 0 amide bonds. The van der Waals surface area contributed by atoms with E-state index in [2.05, 4.69) is 6.92 Å². The Balaban J connectivity index is 1.61. The largest absolute Gasteiger partial charge is 0.379 e. The molecule has 0 saturated heterocycles. The smallest absolute Gasteiger partial charge is 0.0718 e. The highest BCUT2D eigenvalue weighted by molar-refractivity contribution is 5.13. The topological polar surface area (TPSA) is 83.1 Å². The van der Waals surface area contributed by atoms with Gasteiger partial charge in [-0.1, -0.05) is 82.2 Å². The molecule has 0 aliphatic rings. The van der Waals surface area contributed by atoms with Gasteiger partial charge in [-0.2, -0.15) is 0 Å². The summed E-state index contributed by atoms with van der Waals surface area (Å²) in [6, 6.07) is 10.1. The summed E-state index contributed by atoms with van der Waals surface area (Å²) < 4.78 is 49.7. The van der Waals surface area contributed by atoms with Gasteiger partial charge in [0.25, 0.3) is 0 Å². The molecule has 0 aliphatic carbocycles. The van der Waals surface area contributed by atoms with Crippen LogP contribution >= 0.6 is 0 Å². The summed E-state index contributed by atoms with van der Waals surface area (Å²) in [4.78, 5) is 0. The van der Waals surface area contributed by atoms with Crippen LogP contribution in [-0.4, -0.2) is 112 Å². The second-order valence-corrected chi connectivity index (χ2v) is 9.91. The first-order valence-corrected chi connectivity index (χ1v) is 16.2. The van der Waals surface area contributed by atoms with Crippen LogP contribution in [0.4, 0.5) is 0 Å². The lowest BCUT2D eigenvalue weighted by Gasteiger charge is -2.09. The lowest BCUT2D eigenvalue weighted by atomic mass is 10.1. The molecule has 9 heteroatoms. The summed E-state index contributed by atoms with van der Waals surface area (Å²) in [5.41, 5.74) is 1.17. The average Bonchev–Trinajstić information content (AvgIpc) is 3.01. The third kappa shape index (κ3) is 30.3. The second-order valence-electron chi connectivity index (χ2n) is 9.91. The Kier molecular flexibility index (Phi) is 31.8. The third-order valence-electron chi connectivity index (χ3n) is 6.23. The van der Waals surface area contributed by atoms with Gasteiger partial charge >= 0.3 is 0 Å². The van der Waals surface area contributed by atoms with Crippen LogP contribution in [0.25, 0.3) is 0 Å². The van der Waals surface area contributed by atoms with Crippen molar-refractivity contribution in [3.05, 3.63) is 35.9 Å². The van der Waals surface area contributed by atoms with E-state index in [1.165, 1.54) is 50.5 Å². The predicted molar refractivity (Wildman–Crippen MR) is 165 cm³/mol. The normalized spacial score (nSPS) is 11.5. The molecule has 1 aromatic carbocycles. The quantitative estimate of drug-likeness (QED) is 0.0941. The minimum absolute atomic E-state index is 0.534. The molecule has 0 radical (unpaired) electrons. The van der Waals surface area contributed by atoms with Crippen molar-refractivity contribution < 1.29 is 42.6 Å². The van der Waals surface area contributed by atoms with Crippen molar-refractivity contribution >= 4 is 0 Å². The van der Waals surface area contributed by atoms with Crippen LogP contribution in [0.2, 0.25) is 0 Å². The van der Waals surface area contributed by atoms with Crippen molar-refractivity contribution in [1.82, 2.24) is 0 Å². The molecule has 0 N–H and O–H groups in total. The van der Waals surface area contributed by atoms with Crippen molar-refractivity contribution in [1.29, 1.82) is 0 Å². The summed E-state index contributed by atoms with van der Waals surface area (Å²) in [7, 11) is 0. The molecule has 0 fully saturated rings. The molecule has 0 bridgehead atoms. The number of hydrogen-bond acceptors (Lipinski definition) is 9. The number of hydrogen-bond donors (Lipinski definition) is 0. The van der Waals surface area contributed by atoms with Crippen molar-refractivity contribution in [2.45, 2.75) is 64.9 Å². The molecule has 1 rings (SSSR count). The predicted octanol–water partition coefficient (Wildman–Crippen LogP) is 5.48. The zero-order valence-corrected chi connectivity index (χ0v) is 26.4. The molecular formula is C33H60O9. The van der Waals surface area contributed by atoms with Gasteiger partial charge in [0.2, 0.25) is 0 Å². The van der Waals surface area contributed by atoms with Crippen molar-refractivity contribution in [2.24, 2.45) is 0 Å². The number of rotatable bonds is 35. The second kappa shape index (κ2) is 34.4. The van der Waals surface area contributed by atoms with Gasteiger partial charge in [0.05, 0.1) is 112 Å². The van der Waals surface area contributed by atoms with E-state index in [0.717, 1.165) is 13.0 Å². The highest BCUT2D eigenvalue weighted by Gasteiger charge is 1.97. The fraction of sp³-hybridized carbons (Fsp3) is 0.818. The Morgan fingerprint density at radius 1 is 0.333 bits per heavy atom. The minimum Gasteiger partial charge on any atom is -0.379 e.